The number of anilines is 2. The predicted molar refractivity (Wildman–Crippen MR) is 133 cm³/mol. The maximum absolute atomic E-state index is 13.1. The number of hydrogen-bond acceptors (Lipinski definition) is 6. The van der Waals surface area contributed by atoms with Crippen LogP contribution < -0.4 is 10.2 Å². The maximum Gasteiger partial charge on any atom is 0.416 e. The third-order valence-electron chi connectivity index (χ3n) is 6.92. The van der Waals surface area contributed by atoms with E-state index in [9.17, 15) is 22.8 Å². The van der Waals surface area contributed by atoms with E-state index in [2.05, 4.69) is 20.8 Å². The summed E-state index contributed by atoms with van der Waals surface area (Å²) >= 11 is 6.57. The van der Waals surface area contributed by atoms with E-state index in [1.807, 2.05) is 4.90 Å². The summed E-state index contributed by atoms with van der Waals surface area (Å²) in [4.78, 5) is 29.5. The largest absolute Gasteiger partial charge is 0.416 e. The summed E-state index contributed by atoms with van der Waals surface area (Å²) in [6.07, 6.45) is -0.379. The van der Waals surface area contributed by atoms with Gasteiger partial charge in [-0.05, 0) is 77.6 Å². The van der Waals surface area contributed by atoms with Gasteiger partial charge in [0, 0.05) is 25.3 Å². The number of piperidine rings is 1. The molecule has 38 heavy (non-hydrogen) atoms. The van der Waals surface area contributed by atoms with Crippen molar-refractivity contribution in [3.05, 3.63) is 64.4 Å². The summed E-state index contributed by atoms with van der Waals surface area (Å²) in [6, 6.07) is 8.38. The van der Waals surface area contributed by atoms with Crippen LogP contribution in [0.1, 0.15) is 36.0 Å². The molecule has 5 rings (SSSR count). The van der Waals surface area contributed by atoms with E-state index in [4.69, 9.17) is 11.6 Å². The van der Waals surface area contributed by atoms with Gasteiger partial charge in [-0.25, -0.2) is 4.68 Å². The fraction of sp³-hybridized carbons (Fsp3) is 0.400. The summed E-state index contributed by atoms with van der Waals surface area (Å²) in [5.74, 6) is -0.538. The standard InChI is InChI=1S/C25H25ClF3N7O2/c26-20-12-19(31-24(38)22-3-1-2-9-36(22)23(37)14-35-15-30-32-33-35)6-7-21(20)34-10-8-16-11-18(25(27,28)29)5-4-17(16)13-34/h4-7,11-12,15,22H,1-3,8-10,13-14H2,(H,31,38). The van der Waals surface area contributed by atoms with E-state index in [0.29, 0.717) is 48.7 Å². The highest BCUT2D eigenvalue weighted by atomic mass is 35.5. The maximum atomic E-state index is 13.1. The van der Waals surface area contributed by atoms with Crippen LogP contribution in [0.2, 0.25) is 5.02 Å². The fourth-order valence-electron chi connectivity index (χ4n) is 4.99. The zero-order chi connectivity index (χ0) is 26.9. The summed E-state index contributed by atoms with van der Waals surface area (Å²) in [5.41, 5.74) is 2.08. The Morgan fingerprint density at radius 3 is 2.66 bits per heavy atom. The van der Waals surface area contributed by atoms with Crippen molar-refractivity contribution >= 4 is 34.8 Å². The molecule has 1 unspecified atom stereocenters. The Bertz CT molecular complexity index is 1330. The molecule has 2 amide bonds. The van der Waals surface area contributed by atoms with Crippen molar-refractivity contribution in [1.82, 2.24) is 25.1 Å². The first-order chi connectivity index (χ1) is 18.2. The molecule has 2 aromatic carbocycles. The van der Waals surface area contributed by atoms with Gasteiger partial charge in [-0.2, -0.15) is 13.2 Å². The zero-order valence-electron chi connectivity index (χ0n) is 20.3. The van der Waals surface area contributed by atoms with Gasteiger partial charge in [-0.1, -0.05) is 17.7 Å². The number of likely N-dealkylation sites (tertiary alicyclic amines) is 1. The zero-order valence-corrected chi connectivity index (χ0v) is 21.0. The Labute approximate surface area is 221 Å². The number of nitrogens with zero attached hydrogens (tertiary/aromatic N) is 6. The molecule has 1 fully saturated rings. The van der Waals surface area contributed by atoms with Gasteiger partial charge in [-0.15, -0.1) is 5.10 Å². The van der Waals surface area contributed by atoms with Gasteiger partial charge in [0.25, 0.3) is 0 Å². The summed E-state index contributed by atoms with van der Waals surface area (Å²) < 4.78 is 40.5. The molecule has 1 atom stereocenters. The molecule has 0 bridgehead atoms. The van der Waals surface area contributed by atoms with Gasteiger partial charge in [0.15, 0.2) is 0 Å². The van der Waals surface area contributed by atoms with Crippen molar-refractivity contribution in [3.63, 3.8) is 0 Å². The lowest BCUT2D eigenvalue weighted by Crippen LogP contribution is -2.51. The first-order valence-electron chi connectivity index (χ1n) is 12.2. The average molecular weight is 548 g/mol. The van der Waals surface area contributed by atoms with E-state index in [-0.39, 0.29) is 18.4 Å². The van der Waals surface area contributed by atoms with Gasteiger partial charge in [-0.3, -0.25) is 9.59 Å². The molecule has 2 aliphatic rings. The molecule has 0 aliphatic carbocycles. The summed E-state index contributed by atoms with van der Waals surface area (Å²) in [7, 11) is 0. The molecule has 2 aliphatic heterocycles. The average Bonchev–Trinajstić information content (AvgIpc) is 3.40. The molecule has 1 N–H and O–H groups in total. The van der Waals surface area contributed by atoms with Crippen LogP contribution in [0.5, 0.6) is 0 Å². The van der Waals surface area contributed by atoms with Crippen molar-refractivity contribution < 1.29 is 22.8 Å². The number of fused-ring (bicyclic) bond motifs is 1. The van der Waals surface area contributed by atoms with Gasteiger partial charge in [0.1, 0.15) is 18.9 Å². The first kappa shape index (κ1) is 26.0. The number of aromatic nitrogens is 4. The molecule has 0 spiro atoms. The molecule has 3 aromatic rings. The van der Waals surface area contributed by atoms with Crippen molar-refractivity contribution in [2.75, 3.05) is 23.3 Å². The van der Waals surface area contributed by atoms with Crippen LogP contribution in [-0.4, -0.2) is 56.1 Å². The molecule has 0 radical (unpaired) electrons. The molecule has 13 heteroatoms. The molecule has 9 nitrogen and oxygen atoms in total. The smallest absolute Gasteiger partial charge is 0.366 e. The third-order valence-corrected chi connectivity index (χ3v) is 7.22. The number of rotatable bonds is 5. The van der Waals surface area contributed by atoms with Gasteiger partial charge >= 0.3 is 6.18 Å². The summed E-state index contributed by atoms with van der Waals surface area (Å²) in [5, 5.41) is 14.1. The van der Waals surface area contributed by atoms with Crippen LogP contribution >= 0.6 is 11.6 Å². The monoisotopic (exact) mass is 547 g/mol. The van der Waals surface area contributed by atoms with Crippen LogP contribution in [0.25, 0.3) is 0 Å². The molecule has 0 saturated carbocycles. The van der Waals surface area contributed by atoms with Crippen LogP contribution in [-0.2, 0) is 35.3 Å². The van der Waals surface area contributed by atoms with Crippen molar-refractivity contribution in [2.45, 2.75) is 51.0 Å². The Morgan fingerprint density at radius 1 is 1.08 bits per heavy atom. The van der Waals surface area contributed by atoms with Crippen LogP contribution in [0.3, 0.4) is 0 Å². The van der Waals surface area contributed by atoms with Gasteiger partial charge in [0.2, 0.25) is 11.8 Å². The Balaban J connectivity index is 1.25. The molecule has 1 aromatic heterocycles. The quantitative estimate of drug-likeness (QED) is 0.520. The Kier molecular flexibility index (Phi) is 7.24. The SMILES string of the molecule is O=C(Nc1ccc(N2CCc3cc(C(F)(F)F)ccc3C2)c(Cl)c1)C1CCCCN1C(=O)Cn1cnnn1. The van der Waals surface area contributed by atoms with Crippen LogP contribution in [0, 0.1) is 0 Å². The topological polar surface area (TPSA) is 96.2 Å². The first-order valence-corrected chi connectivity index (χ1v) is 12.6. The molecular weight excluding hydrogens is 523 g/mol. The van der Waals surface area contributed by atoms with E-state index < -0.39 is 17.8 Å². The Hall–Kier alpha value is -3.67. The Morgan fingerprint density at radius 2 is 1.92 bits per heavy atom. The second-order valence-electron chi connectivity index (χ2n) is 9.41. The van der Waals surface area contributed by atoms with Gasteiger partial charge < -0.3 is 15.1 Å². The van der Waals surface area contributed by atoms with E-state index in [0.717, 1.165) is 30.2 Å². The number of tetrazole rings is 1. The van der Waals surface area contributed by atoms with Crippen LogP contribution in [0.4, 0.5) is 24.5 Å². The lowest BCUT2D eigenvalue weighted by atomic mass is 9.96. The minimum Gasteiger partial charge on any atom is -0.366 e. The van der Waals surface area contributed by atoms with E-state index >= 15 is 0 Å². The molecule has 3 heterocycles. The number of amides is 2. The second kappa shape index (κ2) is 10.6. The van der Waals surface area contributed by atoms with E-state index in [1.165, 1.54) is 23.1 Å². The molecular formula is C25H25ClF3N7O2. The number of benzene rings is 2. The number of alkyl halides is 3. The molecule has 200 valence electrons. The van der Waals surface area contributed by atoms with Gasteiger partial charge in [0.05, 0.1) is 16.3 Å². The normalized spacial score (nSPS) is 17.7. The number of carbonyl (C=O) groups excluding carboxylic acids is 2. The third kappa shape index (κ3) is 5.59. The van der Waals surface area contributed by atoms with Crippen molar-refractivity contribution in [3.8, 4) is 0 Å². The number of halogens is 4. The highest BCUT2D eigenvalue weighted by molar-refractivity contribution is 6.33. The summed E-state index contributed by atoms with van der Waals surface area (Å²) in [6.45, 7) is 1.37. The highest BCUT2D eigenvalue weighted by Crippen LogP contribution is 2.35. The lowest BCUT2D eigenvalue weighted by Gasteiger charge is -2.34. The minimum atomic E-state index is -4.37. The van der Waals surface area contributed by atoms with E-state index in [1.54, 1.807) is 23.1 Å². The van der Waals surface area contributed by atoms with Crippen LogP contribution in [0.15, 0.2) is 42.7 Å². The predicted octanol–water partition coefficient (Wildman–Crippen LogP) is 3.93. The highest BCUT2D eigenvalue weighted by Gasteiger charge is 2.33. The number of nitrogens with one attached hydrogen (secondary N) is 1. The fourth-order valence-corrected chi connectivity index (χ4v) is 5.29. The molecule has 1 saturated heterocycles. The number of hydrogen-bond donors (Lipinski definition) is 1. The number of carbonyl (C=O) groups is 2. The van der Waals surface area contributed by atoms with Crippen molar-refractivity contribution in [1.29, 1.82) is 0 Å². The van der Waals surface area contributed by atoms with Crippen molar-refractivity contribution in [2.24, 2.45) is 0 Å². The minimum absolute atomic E-state index is 0.0478. The second-order valence-corrected chi connectivity index (χ2v) is 9.82. The lowest BCUT2D eigenvalue weighted by molar-refractivity contribution is -0.141.